The van der Waals surface area contributed by atoms with Crippen LogP contribution < -0.4 is 5.32 Å². The van der Waals surface area contributed by atoms with E-state index in [4.69, 9.17) is 4.74 Å². The number of amides is 2. The number of nitrogens with zero attached hydrogens (tertiary/aromatic N) is 1. The summed E-state index contributed by atoms with van der Waals surface area (Å²) in [6, 6.07) is -0.256. The second-order valence-electron chi connectivity index (χ2n) is 5.28. The lowest BCUT2D eigenvalue weighted by Crippen LogP contribution is -2.61. The summed E-state index contributed by atoms with van der Waals surface area (Å²) in [5.41, 5.74) is -1.17. The van der Waals surface area contributed by atoms with E-state index >= 15 is 0 Å². The van der Waals surface area contributed by atoms with E-state index in [2.05, 4.69) is 12.2 Å². The van der Waals surface area contributed by atoms with Crippen molar-refractivity contribution in [2.45, 2.75) is 37.0 Å². The highest BCUT2D eigenvalue weighted by Gasteiger charge is 2.42. The van der Waals surface area contributed by atoms with Crippen LogP contribution in [-0.2, 0) is 9.53 Å². The van der Waals surface area contributed by atoms with Crippen molar-refractivity contribution in [3.05, 3.63) is 0 Å². The molecule has 6 nitrogen and oxygen atoms in total. The van der Waals surface area contributed by atoms with E-state index in [9.17, 15) is 14.7 Å². The summed E-state index contributed by atoms with van der Waals surface area (Å²) in [6.45, 7) is 4.23. The van der Waals surface area contributed by atoms with Crippen LogP contribution >= 0.6 is 11.8 Å². The Morgan fingerprint density at radius 2 is 2.15 bits per heavy atom. The zero-order valence-electron chi connectivity index (χ0n) is 11.8. The van der Waals surface area contributed by atoms with Gasteiger partial charge in [-0.3, -0.25) is 0 Å². The number of hydrogen-bond donors (Lipinski definition) is 2. The molecule has 2 heterocycles. The Morgan fingerprint density at radius 3 is 2.75 bits per heavy atom. The second kappa shape index (κ2) is 6.67. The van der Waals surface area contributed by atoms with Crippen molar-refractivity contribution in [1.29, 1.82) is 0 Å². The van der Waals surface area contributed by atoms with E-state index in [0.717, 1.165) is 12.2 Å². The van der Waals surface area contributed by atoms with Crippen molar-refractivity contribution in [3.63, 3.8) is 0 Å². The molecule has 2 amide bonds. The van der Waals surface area contributed by atoms with Crippen LogP contribution in [0.15, 0.2) is 0 Å². The van der Waals surface area contributed by atoms with Crippen molar-refractivity contribution in [3.8, 4) is 0 Å². The Labute approximate surface area is 123 Å². The predicted octanol–water partition coefficient (Wildman–Crippen LogP) is 1.16. The van der Waals surface area contributed by atoms with E-state index < -0.39 is 11.5 Å². The van der Waals surface area contributed by atoms with Gasteiger partial charge in [0.05, 0.1) is 0 Å². The van der Waals surface area contributed by atoms with E-state index in [0.29, 0.717) is 44.4 Å². The van der Waals surface area contributed by atoms with Gasteiger partial charge < -0.3 is 20.1 Å². The van der Waals surface area contributed by atoms with Crippen LogP contribution in [0.5, 0.6) is 0 Å². The molecule has 0 radical (unpaired) electrons. The standard InChI is InChI=1S/C13H22N2O4S/c1-2-10-9-15(5-8-20-10)12(18)14-13(11(16)17)3-6-19-7-4-13/h10H,2-9H2,1H3,(H,14,18)(H,16,17). The summed E-state index contributed by atoms with van der Waals surface area (Å²) in [4.78, 5) is 25.6. The second-order valence-corrected chi connectivity index (χ2v) is 6.69. The van der Waals surface area contributed by atoms with Crippen LogP contribution in [0.4, 0.5) is 4.79 Å². The van der Waals surface area contributed by atoms with Gasteiger partial charge in [-0.2, -0.15) is 11.8 Å². The molecule has 0 aromatic heterocycles. The maximum atomic E-state index is 12.3. The monoisotopic (exact) mass is 302 g/mol. The zero-order valence-corrected chi connectivity index (χ0v) is 12.6. The summed E-state index contributed by atoms with van der Waals surface area (Å²) in [5, 5.41) is 12.6. The number of rotatable bonds is 3. The third-order valence-electron chi connectivity index (χ3n) is 3.98. The van der Waals surface area contributed by atoms with Gasteiger partial charge in [0.2, 0.25) is 0 Å². The molecule has 0 aliphatic carbocycles. The molecule has 7 heteroatoms. The van der Waals surface area contributed by atoms with Gasteiger partial charge in [-0.25, -0.2) is 9.59 Å². The molecule has 2 saturated heterocycles. The van der Waals surface area contributed by atoms with Gasteiger partial charge >= 0.3 is 12.0 Å². The summed E-state index contributed by atoms with van der Waals surface area (Å²) in [7, 11) is 0. The Balaban J connectivity index is 1.99. The van der Waals surface area contributed by atoms with Crippen LogP contribution in [0.1, 0.15) is 26.2 Å². The van der Waals surface area contributed by atoms with Crippen molar-refractivity contribution in [2.75, 3.05) is 32.1 Å². The molecule has 2 aliphatic heterocycles. The molecular formula is C13H22N2O4S. The van der Waals surface area contributed by atoms with Crippen LogP contribution in [0.2, 0.25) is 0 Å². The van der Waals surface area contributed by atoms with Crippen molar-refractivity contribution in [2.24, 2.45) is 0 Å². The quantitative estimate of drug-likeness (QED) is 0.818. The van der Waals surface area contributed by atoms with Gasteiger partial charge in [0.1, 0.15) is 5.54 Å². The first-order valence-corrected chi connectivity index (χ1v) is 8.12. The summed E-state index contributed by atoms with van der Waals surface area (Å²) >= 11 is 1.88. The fourth-order valence-electron chi connectivity index (χ4n) is 2.55. The van der Waals surface area contributed by atoms with Crippen molar-refractivity contribution < 1.29 is 19.4 Å². The lowest BCUT2D eigenvalue weighted by atomic mass is 9.90. The number of hydrogen-bond acceptors (Lipinski definition) is 4. The highest BCUT2D eigenvalue weighted by Crippen LogP contribution is 2.24. The molecule has 20 heavy (non-hydrogen) atoms. The van der Waals surface area contributed by atoms with Crippen LogP contribution in [0.25, 0.3) is 0 Å². The van der Waals surface area contributed by atoms with Crippen LogP contribution in [-0.4, -0.2) is 64.9 Å². The highest BCUT2D eigenvalue weighted by molar-refractivity contribution is 8.00. The average molecular weight is 302 g/mol. The van der Waals surface area contributed by atoms with Crippen molar-refractivity contribution in [1.82, 2.24) is 10.2 Å². The smallest absolute Gasteiger partial charge is 0.329 e. The minimum absolute atomic E-state index is 0.256. The minimum atomic E-state index is -1.17. The Morgan fingerprint density at radius 1 is 1.45 bits per heavy atom. The molecule has 0 aromatic carbocycles. The van der Waals surface area contributed by atoms with Crippen molar-refractivity contribution >= 4 is 23.8 Å². The molecule has 2 N–H and O–H groups in total. The van der Waals surface area contributed by atoms with E-state index in [1.807, 2.05) is 11.8 Å². The number of thioether (sulfide) groups is 1. The van der Waals surface area contributed by atoms with E-state index in [-0.39, 0.29) is 6.03 Å². The molecular weight excluding hydrogens is 280 g/mol. The topological polar surface area (TPSA) is 78.9 Å². The number of urea groups is 1. The molecule has 2 fully saturated rings. The molecule has 0 aromatic rings. The first-order valence-electron chi connectivity index (χ1n) is 7.07. The first kappa shape index (κ1) is 15.4. The van der Waals surface area contributed by atoms with Gasteiger partial charge in [-0.05, 0) is 6.42 Å². The third-order valence-corrected chi connectivity index (χ3v) is 5.36. The molecule has 0 bridgehead atoms. The fraction of sp³-hybridized carbons (Fsp3) is 0.846. The Kier molecular flexibility index (Phi) is 5.15. The SMILES string of the molecule is CCC1CN(C(=O)NC2(C(=O)O)CCOCC2)CCS1. The number of aliphatic carboxylic acids is 1. The molecule has 1 atom stereocenters. The predicted molar refractivity (Wildman–Crippen MR) is 77.1 cm³/mol. The number of carbonyl (C=O) groups is 2. The molecule has 2 aliphatic rings. The summed E-state index contributed by atoms with van der Waals surface area (Å²) < 4.78 is 5.20. The number of carbonyl (C=O) groups excluding carboxylic acids is 1. The Hall–Kier alpha value is -0.950. The molecule has 1 unspecified atom stereocenters. The molecule has 114 valence electrons. The van der Waals surface area contributed by atoms with Crippen LogP contribution in [0.3, 0.4) is 0 Å². The average Bonchev–Trinajstić information content (AvgIpc) is 2.48. The minimum Gasteiger partial charge on any atom is -0.480 e. The first-order chi connectivity index (χ1) is 9.57. The van der Waals surface area contributed by atoms with Gasteiger partial charge in [0.25, 0.3) is 0 Å². The molecule has 2 rings (SSSR count). The maximum Gasteiger partial charge on any atom is 0.329 e. The van der Waals surface area contributed by atoms with Crippen LogP contribution in [0, 0.1) is 0 Å². The number of ether oxygens (including phenoxy) is 1. The lowest BCUT2D eigenvalue weighted by Gasteiger charge is -2.38. The molecule has 0 saturated carbocycles. The maximum absolute atomic E-state index is 12.3. The van der Waals surface area contributed by atoms with Gasteiger partial charge in [0, 0.05) is 50.1 Å². The zero-order chi connectivity index (χ0) is 14.6. The summed E-state index contributed by atoms with van der Waals surface area (Å²) in [5.74, 6) is -0.0534. The van der Waals surface area contributed by atoms with E-state index in [1.165, 1.54) is 0 Å². The third kappa shape index (κ3) is 3.38. The van der Waals surface area contributed by atoms with Gasteiger partial charge in [-0.1, -0.05) is 6.92 Å². The fourth-order valence-corrected chi connectivity index (χ4v) is 3.73. The van der Waals surface area contributed by atoms with Gasteiger partial charge in [0.15, 0.2) is 0 Å². The highest BCUT2D eigenvalue weighted by atomic mass is 32.2. The normalized spacial score (nSPS) is 26.1. The van der Waals surface area contributed by atoms with E-state index in [1.54, 1.807) is 4.90 Å². The number of carboxylic acid groups (broad SMARTS) is 1. The number of nitrogens with one attached hydrogen (secondary N) is 1. The summed E-state index contributed by atoms with van der Waals surface area (Å²) in [6.07, 6.45) is 1.67. The Bertz CT molecular complexity index is 371. The largest absolute Gasteiger partial charge is 0.480 e. The number of carboxylic acids is 1. The lowest BCUT2D eigenvalue weighted by molar-refractivity contribution is -0.148. The van der Waals surface area contributed by atoms with Gasteiger partial charge in [-0.15, -0.1) is 0 Å². The molecule has 0 spiro atoms.